The van der Waals surface area contributed by atoms with Crippen LogP contribution in [0.2, 0.25) is 0 Å². The maximum absolute atomic E-state index is 9.65. The van der Waals surface area contributed by atoms with Crippen molar-refractivity contribution in [1.29, 1.82) is 0 Å². The van der Waals surface area contributed by atoms with Crippen LogP contribution in [0.15, 0.2) is 23.6 Å². The average Bonchev–Trinajstić information content (AvgIpc) is 3.51. The molecule has 3 heterocycles. The number of hydrogen-bond acceptors (Lipinski definition) is 5. The van der Waals surface area contributed by atoms with Gasteiger partial charge in [-0.2, -0.15) is 0 Å². The van der Waals surface area contributed by atoms with E-state index >= 15 is 0 Å². The highest BCUT2D eigenvalue weighted by Gasteiger charge is 2.27. The molecule has 31 heavy (non-hydrogen) atoms. The summed E-state index contributed by atoms with van der Waals surface area (Å²) in [5.41, 5.74) is 4.90. The van der Waals surface area contributed by atoms with Gasteiger partial charge in [0.15, 0.2) is 0 Å². The predicted octanol–water partition coefficient (Wildman–Crippen LogP) is 5.54. The zero-order valence-corrected chi connectivity index (χ0v) is 19.5. The summed E-state index contributed by atoms with van der Waals surface area (Å²) in [6.07, 6.45) is 8.68. The summed E-state index contributed by atoms with van der Waals surface area (Å²) in [4.78, 5) is 7.45. The van der Waals surface area contributed by atoms with Crippen molar-refractivity contribution in [3.63, 3.8) is 0 Å². The third kappa shape index (κ3) is 3.79. The number of nitrogens with zero attached hydrogens (tertiary/aromatic N) is 3. The Morgan fingerprint density at radius 2 is 2.00 bits per heavy atom. The Hall–Kier alpha value is -1.89. The van der Waals surface area contributed by atoms with Gasteiger partial charge in [0.25, 0.3) is 0 Å². The number of thiazole rings is 1. The van der Waals surface area contributed by atoms with Crippen LogP contribution in [-0.4, -0.2) is 45.9 Å². The summed E-state index contributed by atoms with van der Waals surface area (Å²) in [7, 11) is 1.77. The van der Waals surface area contributed by atoms with Crippen molar-refractivity contribution in [3.05, 3.63) is 35.0 Å². The molecular formula is C25H33N3O2S. The number of likely N-dealkylation sites (tertiary alicyclic amines) is 1. The molecule has 1 saturated heterocycles. The second-order valence-electron chi connectivity index (χ2n) is 9.07. The van der Waals surface area contributed by atoms with Crippen LogP contribution in [0, 0.1) is 6.92 Å². The van der Waals surface area contributed by atoms with E-state index in [1.54, 1.807) is 18.4 Å². The minimum Gasteiger partial charge on any atom is -0.495 e. The molecule has 0 radical (unpaired) electrons. The molecule has 1 atom stereocenters. The van der Waals surface area contributed by atoms with Gasteiger partial charge >= 0.3 is 0 Å². The largest absolute Gasteiger partial charge is 0.495 e. The van der Waals surface area contributed by atoms with Crippen molar-refractivity contribution in [2.45, 2.75) is 70.5 Å². The quantitative estimate of drug-likeness (QED) is 0.548. The first-order valence-corrected chi connectivity index (χ1v) is 12.6. The van der Waals surface area contributed by atoms with Gasteiger partial charge in [-0.25, -0.2) is 4.98 Å². The molecule has 5 nitrogen and oxygen atoms in total. The number of fused-ring (bicyclic) bond motifs is 1. The standard InChI is InChI=1S/C25H33N3O2S/c1-17-23(25-26-18(16-31-25)14-27-13-7-10-20(27)15-29)21-11-6-12-22(30-2)24(21)28(17)19-8-4-3-5-9-19/h6,11-12,16,19-20,29H,3-5,7-10,13-15H2,1-2H3/t20-/m0/s1. The fourth-order valence-electron chi connectivity index (χ4n) is 5.70. The normalized spacial score (nSPS) is 20.7. The van der Waals surface area contributed by atoms with Crippen LogP contribution in [0.25, 0.3) is 21.5 Å². The van der Waals surface area contributed by atoms with E-state index in [0.29, 0.717) is 6.04 Å². The summed E-state index contributed by atoms with van der Waals surface area (Å²) >= 11 is 1.74. The van der Waals surface area contributed by atoms with Gasteiger partial charge in [-0.05, 0) is 45.2 Å². The molecule has 1 N–H and O–H groups in total. The molecule has 2 aliphatic rings. The summed E-state index contributed by atoms with van der Waals surface area (Å²) in [5.74, 6) is 0.956. The molecule has 1 aliphatic carbocycles. The van der Waals surface area contributed by atoms with Crippen LogP contribution in [-0.2, 0) is 6.54 Å². The van der Waals surface area contributed by atoms with Crippen LogP contribution < -0.4 is 4.74 Å². The molecule has 5 rings (SSSR count). The van der Waals surface area contributed by atoms with Gasteiger partial charge in [0.1, 0.15) is 10.8 Å². The van der Waals surface area contributed by atoms with Crippen molar-refractivity contribution >= 4 is 22.2 Å². The number of para-hydroxylation sites is 1. The third-order valence-corrected chi connectivity index (χ3v) is 8.14. The topological polar surface area (TPSA) is 50.5 Å². The van der Waals surface area contributed by atoms with E-state index in [1.807, 2.05) is 0 Å². The van der Waals surface area contributed by atoms with Crippen molar-refractivity contribution < 1.29 is 9.84 Å². The van der Waals surface area contributed by atoms with Crippen LogP contribution in [0.4, 0.5) is 0 Å². The highest BCUT2D eigenvalue weighted by Crippen LogP contribution is 2.44. The highest BCUT2D eigenvalue weighted by atomic mass is 32.1. The Morgan fingerprint density at radius 3 is 2.77 bits per heavy atom. The number of aromatic nitrogens is 2. The minimum absolute atomic E-state index is 0.241. The summed E-state index contributed by atoms with van der Waals surface area (Å²) in [5, 5.41) is 14.2. The maximum atomic E-state index is 9.65. The van der Waals surface area contributed by atoms with Gasteiger partial charge in [-0.1, -0.05) is 31.4 Å². The van der Waals surface area contributed by atoms with Crippen molar-refractivity contribution in [2.75, 3.05) is 20.3 Å². The van der Waals surface area contributed by atoms with E-state index in [0.717, 1.165) is 42.4 Å². The number of rotatable bonds is 6. The Morgan fingerprint density at radius 1 is 1.16 bits per heavy atom. The Bertz CT molecular complexity index is 1050. The fourth-order valence-corrected chi connectivity index (χ4v) is 6.62. The molecule has 1 aliphatic heterocycles. The third-order valence-electron chi connectivity index (χ3n) is 7.23. The van der Waals surface area contributed by atoms with Crippen molar-refractivity contribution in [1.82, 2.24) is 14.5 Å². The Kier molecular flexibility index (Phi) is 6.04. The van der Waals surface area contributed by atoms with Gasteiger partial charge < -0.3 is 14.4 Å². The lowest BCUT2D eigenvalue weighted by Gasteiger charge is -2.26. The zero-order chi connectivity index (χ0) is 21.4. The van der Waals surface area contributed by atoms with Crippen molar-refractivity contribution in [2.24, 2.45) is 0 Å². The average molecular weight is 440 g/mol. The first-order valence-electron chi connectivity index (χ1n) is 11.7. The molecule has 1 aromatic carbocycles. The molecule has 1 saturated carbocycles. The smallest absolute Gasteiger partial charge is 0.143 e. The molecule has 0 spiro atoms. The van der Waals surface area contributed by atoms with Gasteiger partial charge in [0.2, 0.25) is 0 Å². The maximum Gasteiger partial charge on any atom is 0.143 e. The van der Waals surface area contributed by atoms with Crippen LogP contribution in [0.3, 0.4) is 0 Å². The molecule has 166 valence electrons. The molecule has 2 aromatic heterocycles. The zero-order valence-electron chi connectivity index (χ0n) is 18.6. The summed E-state index contributed by atoms with van der Waals surface area (Å²) in [6, 6.07) is 7.23. The summed E-state index contributed by atoms with van der Waals surface area (Å²) < 4.78 is 8.36. The lowest BCUT2D eigenvalue weighted by atomic mass is 9.95. The number of benzene rings is 1. The van der Waals surface area contributed by atoms with Gasteiger partial charge in [0.05, 0.1) is 24.9 Å². The Labute approximate surface area is 188 Å². The lowest BCUT2D eigenvalue weighted by molar-refractivity contribution is 0.152. The number of aliphatic hydroxyl groups is 1. The number of hydrogen-bond donors (Lipinski definition) is 1. The SMILES string of the molecule is COc1cccc2c(-c3nc(CN4CCC[C@H]4CO)cs3)c(C)n(C3CCCCC3)c12. The number of methoxy groups -OCH3 is 1. The number of ether oxygens (including phenoxy) is 1. The molecule has 6 heteroatoms. The lowest BCUT2D eigenvalue weighted by Crippen LogP contribution is -2.31. The minimum atomic E-state index is 0.241. The Balaban J connectivity index is 1.56. The van der Waals surface area contributed by atoms with E-state index in [4.69, 9.17) is 9.72 Å². The van der Waals surface area contributed by atoms with Crippen LogP contribution >= 0.6 is 11.3 Å². The molecule has 0 unspecified atom stereocenters. The summed E-state index contributed by atoms with van der Waals surface area (Å²) in [6.45, 7) is 4.37. The second kappa shape index (κ2) is 8.93. The fraction of sp³-hybridized carbons (Fsp3) is 0.560. The second-order valence-corrected chi connectivity index (χ2v) is 9.93. The first-order chi connectivity index (χ1) is 15.2. The van der Waals surface area contributed by atoms with E-state index in [-0.39, 0.29) is 12.6 Å². The molecule has 2 fully saturated rings. The first kappa shape index (κ1) is 21.0. The van der Waals surface area contributed by atoms with E-state index in [1.165, 1.54) is 54.3 Å². The van der Waals surface area contributed by atoms with Gasteiger partial charge in [0, 0.05) is 40.7 Å². The van der Waals surface area contributed by atoms with Gasteiger partial charge in [-0.15, -0.1) is 11.3 Å². The molecule has 0 amide bonds. The highest BCUT2D eigenvalue weighted by molar-refractivity contribution is 7.13. The van der Waals surface area contributed by atoms with E-state index in [9.17, 15) is 5.11 Å². The molecule has 3 aromatic rings. The van der Waals surface area contributed by atoms with Crippen LogP contribution in [0.1, 0.15) is 62.4 Å². The van der Waals surface area contributed by atoms with Crippen LogP contribution in [0.5, 0.6) is 5.75 Å². The number of aliphatic hydroxyl groups excluding tert-OH is 1. The van der Waals surface area contributed by atoms with E-state index in [2.05, 4.69) is 40.0 Å². The molecule has 0 bridgehead atoms. The molecular weight excluding hydrogens is 406 g/mol. The predicted molar refractivity (Wildman–Crippen MR) is 127 cm³/mol. The van der Waals surface area contributed by atoms with E-state index < -0.39 is 0 Å². The van der Waals surface area contributed by atoms with Gasteiger partial charge in [-0.3, -0.25) is 4.90 Å². The monoisotopic (exact) mass is 439 g/mol. The van der Waals surface area contributed by atoms with Crippen molar-refractivity contribution in [3.8, 4) is 16.3 Å².